The van der Waals surface area contributed by atoms with Gasteiger partial charge < -0.3 is 10.6 Å². The van der Waals surface area contributed by atoms with Gasteiger partial charge >= 0.3 is 0 Å². The van der Waals surface area contributed by atoms with Gasteiger partial charge in [0.05, 0.1) is 5.56 Å². The molecule has 2 unspecified atom stereocenters. The third-order valence-electron chi connectivity index (χ3n) is 3.48. The van der Waals surface area contributed by atoms with Gasteiger partial charge in [-0.05, 0) is 40.4 Å². The zero-order valence-electron chi connectivity index (χ0n) is 10.2. The number of benzene rings is 1. The van der Waals surface area contributed by atoms with Crippen molar-refractivity contribution in [2.45, 2.75) is 19.4 Å². The van der Waals surface area contributed by atoms with E-state index in [0.717, 1.165) is 6.42 Å². The molecule has 0 spiro atoms. The molecule has 2 rings (SSSR count). The molecule has 1 saturated heterocycles. The van der Waals surface area contributed by atoms with Gasteiger partial charge in [-0.3, -0.25) is 4.79 Å². The summed E-state index contributed by atoms with van der Waals surface area (Å²) in [4.78, 5) is 13.9. The maximum Gasteiger partial charge on any atom is 0.258 e. The fraction of sp³-hybridized carbons (Fsp3) is 0.462. The molecule has 0 aliphatic carbocycles. The van der Waals surface area contributed by atoms with Crippen LogP contribution in [0.2, 0.25) is 0 Å². The highest BCUT2D eigenvalue weighted by atomic mass is 79.9. The second-order valence-corrected chi connectivity index (χ2v) is 5.63. The summed E-state index contributed by atoms with van der Waals surface area (Å²) in [6.07, 6.45) is 0.860. The maximum atomic E-state index is 13.7. The Morgan fingerprint density at radius 3 is 2.89 bits per heavy atom. The first-order valence-electron chi connectivity index (χ1n) is 5.99. The van der Waals surface area contributed by atoms with Crippen LogP contribution in [0.3, 0.4) is 0 Å². The monoisotopic (exact) mass is 314 g/mol. The predicted octanol–water partition coefficient (Wildman–Crippen LogP) is 2.40. The van der Waals surface area contributed by atoms with E-state index in [1.807, 2.05) is 0 Å². The van der Waals surface area contributed by atoms with Gasteiger partial charge in [0.2, 0.25) is 0 Å². The highest BCUT2D eigenvalue weighted by Crippen LogP contribution is 2.24. The third-order valence-corrected chi connectivity index (χ3v) is 4.14. The number of carbonyl (C=O) groups is 1. The van der Waals surface area contributed by atoms with Crippen molar-refractivity contribution in [1.29, 1.82) is 0 Å². The number of halogens is 2. The molecule has 0 radical (unpaired) electrons. The average Bonchev–Trinajstić information content (AvgIpc) is 2.32. The summed E-state index contributed by atoms with van der Waals surface area (Å²) in [7, 11) is 0. The summed E-state index contributed by atoms with van der Waals surface area (Å²) < 4.78 is 14.2. The summed E-state index contributed by atoms with van der Waals surface area (Å²) in [6, 6.07) is 4.50. The van der Waals surface area contributed by atoms with E-state index >= 15 is 0 Å². The van der Waals surface area contributed by atoms with E-state index in [1.54, 1.807) is 17.0 Å². The number of likely N-dealkylation sites (tertiary alicyclic amines) is 1. The molecule has 1 aliphatic heterocycles. The second kappa shape index (κ2) is 5.36. The van der Waals surface area contributed by atoms with Crippen molar-refractivity contribution in [2.75, 3.05) is 13.1 Å². The first-order chi connectivity index (χ1) is 8.50. The zero-order chi connectivity index (χ0) is 13.3. The topological polar surface area (TPSA) is 46.3 Å². The Morgan fingerprint density at radius 1 is 1.56 bits per heavy atom. The van der Waals surface area contributed by atoms with Gasteiger partial charge in [0.1, 0.15) is 5.82 Å². The first kappa shape index (κ1) is 13.5. The third kappa shape index (κ3) is 2.57. The minimum atomic E-state index is -0.499. The molecule has 0 aromatic heterocycles. The lowest BCUT2D eigenvalue weighted by molar-refractivity contribution is 0.0666. The predicted molar refractivity (Wildman–Crippen MR) is 71.8 cm³/mol. The minimum Gasteiger partial charge on any atom is -0.337 e. The van der Waals surface area contributed by atoms with E-state index in [1.165, 1.54) is 6.07 Å². The van der Waals surface area contributed by atoms with E-state index in [9.17, 15) is 9.18 Å². The molecule has 2 atom stereocenters. The number of hydrogen-bond donors (Lipinski definition) is 1. The number of rotatable bonds is 1. The molecule has 1 fully saturated rings. The molecule has 1 aromatic rings. The summed E-state index contributed by atoms with van der Waals surface area (Å²) in [5.74, 6) is -0.387. The molecule has 98 valence electrons. The number of hydrogen-bond acceptors (Lipinski definition) is 2. The SMILES string of the molecule is CC1CCN(C(=O)c2c(F)cccc2Br)CC1N. The van der Waals surface area contributed by atoms with Crippen molar-refractivity contribution in [3.05, 3.63) is 34.1 Å². The van der Waals surface area contributed by atoms with Crippen LogP contribution in [-0.2, 0) is 0 Å². The standard InChI is InChI=1S/C13H16BrFN2O/c1-8-5-6-17(7-11(8)16)13(18)12-9(14)3-2-4-10(12)15/h2-4,8,11H,5-7,16H2,1H3. The Labute approximate surface area is 114 Å². The van der Waals surface area contributed by atoms with E-state index < -0.39 is 5.82 Å². The highest BCUT2D eigenvalue weighted by molar-refractivity contribution is 9.10. The van der Waals surface area contributed by atoms with E-state index in [4.69, 9.17) is 5.73 Å². The van der Waals surface area contributed by atoms with Gasteiger partial charge in [0.25, 0.3) is 5.91 Å². The Kier molecular flexibility index (Phi) is 4.02. The lowest BCUT2D eigenvalue weighted by atomic mass is 9.94. The number of piperidine rings is 1. The highest BCUT2D eigenvalue weighted by Gasteiger charge is 2.29. The summed E-state index contributed by atoms with van der Waals surface area (Å²) in [5.41, 5.74) is 6.06. The molecule has 5 heteroatoms. The van der Waals surface area contributed by atoms with Crippen LogP contribution in [0.1, 0.15) is 23.7 Å². The maximum absolute atomic E-state index is 13.7. The lowest BCUT2D eigenvalue weighted by Gasteiger charge is -2.35. The Morgan fingerprint density at radius 2 is 2.28 bits per heavy atom. The number of carbonyl (C=O) groups excluding carboxylic acids is 1. The molecule has 2 N–H and O–H groups in total. The Bertz CT molecular complexity index is 446. The van der Waals surface area contributed by atoms with Gasteiger partial charge in [0, 0.05) is 23.6 Å². The van der Waals surface area contributed by atoms with E-state index in [0.29, 0.717) is 23.5 Å². The number of nitrogens with two attached hydrogens (primary N) is 1. The zero-order valence-corrected chi connectivity index (χ0v) is 11.8. The molecular formula is C13H16BrFN2O. The van der Waals surface area contributed by atoms with Gasteiger partial charge in [-0.15, -0.1) is 0 Å². The first-order valence-corrected chi connectivity index (χ1v) is 6.79. The van der Waals surface area contributed by atoms with E-state index in [-0.39, 0.29) is 17.5 Å². The molecule has 3 nitrogen and oxygen atoms in total. The average molecular weight is 315 g/mol. The lowest BCUT2D eigenvalue weighted by Crippen LogP contribution is -2.49. The normalized spacial score (nSPS) is 24.1. The summed E-state index contributed by atoms with van der Waals surface area (Å²) in [6.45, 7) is 3.20. The molecule has 1 aliphatic rings. The van der Waals surface area contributed by atoms with Crippen molar-refractivity contribution in [3.8, 4) is 0 Å². The molecule has 1 aromatic carbocycles. The quantitative estimate of drug-likeness (QED) is 0.865. The summed E-state index contributed by atoms with van der Waals surface area (Å²) in [5, 5.41) is 0. The number of amides is 1. The molecule has 1 amide bonds. The fourth-order valence-electron chi connectivity index (χ4n) is 2.14. The van der Waals surface area contributed by atoms with Crippen molar-refractivity contribution in [3.63, 3.8) is 0 Å². The van der Waals surface area contributed by atoms with Crippen LogP contribution in [0.15, 0.2) is 22.7 Å². The van der Waals surface area contributed by atoms with Crippen LogP contribution in [0.25, 0.3) is 0 Å². The van der Waals surface area contributed by atoms with Crippen LogP contribution >= 0.6 is 15.9 Å². The fourth-order valence-corrected chi connectivity index (χ4v) is 2.66. The smallest absolute Gasteiger partial charge is 0.258 e. The van der Waals surface area contributed by atoms with Crippen LogP contribution in [0.4, 0.5) is 4.39 Å². The van der Waals surface area contributed by atoms with Gasteiger partial charge in [0.15, 0.2) is 0 Å². The second-order valence-electron chi connectivity index (χ2n) is 4.78. The van der Waals surface area contributed by atoms with E-state index in [2.05, 4.69) is 22.9 Å². The van der Waals surface area contributed by atoms with Gasteiger partial charge in [-0.1, -0.05) is 13.0 Å². The van der Waals surface area contributed by atoms with Crippen molar-refractivity contribution < 1.29 is 9.18 Å². The van der Waals surface area contributed by atoms with Crippen molar-refractivity contribution in [2.24, 2.45) is 11.7 Å². The Balaban J connectivity index is 2.22. The molecular weight excluding hydrogens is 299 g/mol. The van der Waals surface area contributed by atoms with Crippen LogP contribution < -0.4 is 5.73 Å². The van der Waals surface area contributed by atoms with Crippen LogP contribution in [0.5, 0.6) is 0 Å². The van der Waals surface area contributed by atoms with Crippen LogP contribution in [-0.4, -0.2) is 29.9 Å². The van der Waals surface area contributed by atoms with Gasteiger partial charge in [-0.25, -0.2) is 4.39 Å². The molecule has 0 bridgehead atoms. The molecule has 18 heavy (non-hydrogen) atoms. The molecule has 1 heterocycles. The van der Waals surface area contributed by atoms with Gasteiger partial charge in [-0.2, -0.15) is 0 Å². The largest absolute Gasteiger partial charge is 0.337 e. The minimum absolute atomic E-state index is 0.0340. The Hall–Kier alpha value is -0.940. The van der Waals surface area contributed by atoms with Crippen molar-refractivity contribution >= 4 is 21.8 Å². The van der Waals surface area contributed by atoms with Crippen LogP contribution in [0, 0.1) is 11.7 Å². The number of nitrogens with zero attached hydrogens (tertiary/aromatic N) is 1. The van der Waals surface area contributed by atoms with Crippen molar-refractivity contribution in [1.82, 2.24) is 4.90 Å². The molecule has 0 saturated carbocycles. The summed E-state index contributed by atoms with van der Waals surface area (Å²) >= 11 is 3.22.